The summed E-state index contributed by atoms with van der Waals surface area (Å²) in [6, 6.07) is 7.28. The second kappa shape index (κ2) is 8.41. The van der Waals surface area contributed by atoms with E-state index in [2.05, 4.69) is 19.9 Å². The predicted molar refractivity (Wildman–Crippen MR) is 95.1 cm³/mol. The number of amides is 1. The maximum absolute atomic E-state index is 12.5. The van der Waals surface area contributed by atoms with Gasteiger partial charge in [0.15, 0.2) is 0 Å². The van der Waals surface area contributed by atoms with Gasteiger partial charge in [-0.15, -0.1) is 0 Å². The SMILES string of the molecule is O=C(O)C(F)(F)F.O=C(c1ccccn1)N1CC2CN(c3ncccn3)CC2C1. The second-order valence-electron chi connectivity index (χ2n) is 6.70. The van der Waals surface area contributed by atoms with Crippen LogP contribution < -0.4 is 4.90 Å². The number of likely N-dealkylation sites (tertiary alicyclic amines) is 1. The van der Waals surface area contributed by atoms with Crippen molar-refractivity contribution in [1.29, 1.82) is 0 Å². The Bertz CT molecular complexity index is 837. The number of pyridine rings is 1. The Morgan fingerprint density at radius 2 is 1.48 bits per heavy atom. The van der Waals surface area contributed by atoms with E-state index in [1.165, 1.54) is 0 Å². The topological polar surface area (TPSA) is 99.5 Å². The summed E-state index contributed by atoms with van der Waals surface area (Å²) in [4.78, 5) is 38.3. The molecule has 8 nitrogen and oxygen atoms in total. The third-order valence-electron chi connectivity index (χ3n) is 4.73. The molecule has 2 unspecified atom stereocenters. The Hall–Kier alpha value is -3.24. The van der Waals surface area contributed by atoms with Gasteiger partial charge in [0, 0.05) is 56.6 Å². The molecule has 1 N–H and O–H groups in total. The Morgan fingerprint density at radius 1 is 0.931 bits per heavy atom. The number of fused-ring (bicyclic) bond motifs is 1. The number of alkyl halides is 3. The van der Waals surface area contributed by atoms with Crippen LogP contribution in [-0.4, -0.2) is 69.2 Å². The van der Waals surface area contributed by atoms with Crippen LogP contribution in [-0.2, 0) is 4.79 Å². The normalized spacial score (nSPS) is 20.7. The van der Waals surface area contributed by atoms with Crippen molar-refractivity contribution in [3.63, 3.8) is 0 Å². The molecule has 2 aromatic heterocycles. The number of rotatable bonds is 2. The Morgan fingerprint density at radius 3 is 1.97 bits per heavy atom. The zero-order valence-corrected chi connectivity index (χ0v) is 15.2. The molecule has 0 saturated carbocycles. The highest BCUT2D eigenvalue weighted by Crippen LogP contribution is 2.33. The van der Waals surface area contributed by atoms with E-state index in [1.54, 1.807) is 24.7 Å². The quantitative estimate of drug-likeness (QED) is 0.806. The molecule has 4 rings (SSSR count). The molecule has 11 heteroatoms. The molecule has 0 aliphatic carbocycles. The van der Waals surface area contributed by atoms with Crippen molar-refractivity contribution >= 4 is 17.8 Å². The zero-order chi connectivity index (χ0) is 21.0. The molecule has 2 fully saturated rings. The lowest BCUT2D eigenvalue weighted by atomic mass is 10.0. The third kappa shape index (κ3) is 4.98. The standard InChI is InChI=1S/C16H17N5O.C2HF3O2/c22-15(14-4-1-2-5-17-14)20-8-12-10-21(11-13(12)9-20)16-18-6-3-7-19-16;3-2(4,5)1(6)7/h1-7,12-13H,8-11H2;(H,6,7). The molecule has 29 heavy (non-hydrogen) atoms. The number of halogens is 3. The van der Waals surface area contributed by atoms with Gasteiger partial charge in [0.25, 0.3) is 5.91 Å². The van der Waals surface area contributed by atoms with Crippen molar-refractivity contribution in [2.24, 2.45) is 11.8 Å². The van der Waals surface area contributed by atoms with E-state index in [0.29, 0.717) is 17.5 Å². The van der Waals surface area contributed by atoms with Crippen molar-refractivity contribution in [2.75, 3.05) is 31.1 Å². The maximum Gasteiger partial charge on any atom is 0.490 e. The summed E-state index contributed by atoms with van der Waals surface area (Å²) < 4.78 is 31.7. The molecule has 2 atom stereocenters. The number of hydrogen-bond acceptors (Lipinski definition) is 6. The maximum atomic E-state index is 12.5. The Labute approximate surface area is 164 Å². The Balaban J connectivity index is 0.000000298. The van der Waals surface area contributed by atoms with Crippen LogP contribution in [0.3, 0.4) is 0 Å². The van der Waals surface area contributed by atoms with Crippen molar-refractivity contribution in [2.45, 2.75) is 6.18 Å². The number of carboxylic acids is 1. The van der Waals surface area contributed by atoms with Gasteiger partial charge in [-0.05, 0) is 18.2 Å². The number of carbonyl (C=O) groups excluding carboxylic acids is 1. The van der Waals surface area contributed by atoms with Gasteiger partial charge in [0.1, 0.15) is 5.69 Å². The molecule has 2 aliphatic heterocycles. The molecule has 0 aromatic carbocycles. The minimum atomic E-state index is -5.08. The van der Waals surface area contributed by atoms with Crippen LogP contribution in [0.15, 0.2) is 42.9 Å². The molecule has 0 radical (unpaired) electrons. The van der Waals surface area contributed by atoms with Gasteiger partial charge in [-0.3, -0.25) is 9.78 Å². The highest BCUT2D eigenvalue weighted by molar-refractivity contribution is 5.92. The van der Waals surface area contributed by atoms with E-state index in [4.69, 9.17) is 9.90 Å². The van der Waals surface area contributed by atoms with Crippen LogP contribution >= 0.6 is 0 Å². The van der Waals surface area contributed by atoms with Crippen molar-refractivity contribution in [3.05, 3.63) is 48.5 Å². The lowest BCUT2D eigenvalue weighted by Crippen LogP contribution is -2.34. The van der Waals surface area contributed by atoms with Crippen LogP contribution in [0.4, 0.5) is 19.1 Å². The first kappa shape index (κ1) is 20.5. The molecule has 1 amide bonds. The molecule has 2 aromatic rings. The number of carboxylic acid groups (broad SMARTS) is 1. The summed E-state index contributed by atoms with van der Waals surface area (Å²) in [7, 11) is 0. The number of nitrogens with zero attached hydrogens (tertiary/aromatic N) is 5. The lowest BCUT2D eigenvalue weighted by molar-refractivity contribution is -0.192. The van der Waals surface area contributed by atoms with Gasteiger partial charge in [-0.1, -0.05) is 6.07 Å². The fraction of sp³-hybridized carbons (Fsp3) is 0.389. The van der Waals surface area contributed by atoms with Gasteiger partial charge >= 0.3 is 12.1 Å². The minimum absolute atomic E-state index is 0.0394. The Kier molecular flexibility index (Phi) is 5.95. The highest BCUT2D eigenvalue weighted by Gasteiger charge is 2.42. The summed E-state index contributed by atoms with van der Waals surface area (Å²) in [6.07, 6.45) is 0.124. The molecule has 154 valence electrons. The first-order chi connectivity index (χ1) is 13.8. The zero-order valence-electron chi connectivity index (χ0n) is 15.2. The number of carbonyl (C=O) groups is 2. The van der Waals surface area contributed by atoms with Crippen molar-refractivity contribution in [1.82, 2.24) is 19.9 Å². The molecule has 2 saturated heterocycles. The first-order valence-electron chi connectivity index (χ1n) is 8.78. The minimum Gasteiger partial charge on any atom is -0.475 e. The molecular formula is C18H18F3N5O3. The first-order valence-corrected chi connectivity index (χ1v) is 8.78. The summed E-state index contributed by atoms with van der Waals surface area (Å²) in [5.74, 6) is -0.933. The predicted octanol–water partition coefficient (Wildman–Crippen LogP) is 1.71. The summed E-state index contributed by atoms with van der Waals surface area (Å²) in [5.41, 5.74) is 0.533. The third-order valence-corrected chi connectivity index (χ3v) is 4.73. The molecular weight excluding hydrogens is 391 g/mol. The molecule has 0 spiro atoms. The molecule has 4 heterocycles. The second-order valence-corrected chi connectivity index (χ2v) is 6.70. The van der Waals surface area contributed by atoms with E-state index < -0.39 is 12.1 Å². The summed E-state index contributed by atoms with van der Waals surface area (Å²) in [6.45, 7) is 3.42. The van der Waals surface area contributed by atoms with E-state index in [0.717, 1.165) is 32.1 Å². The molecule has 0 bridgehead atoms. The van der Waals surface area contributed by atoms with Gasteiger partial charge in [-0.25, -0.2) is 14.8 Å². The van der Waals surface area contributed by atoms with E-state index >= 15 is 0 Å². The summed E-state index contributed by atoms with van der Waals surface area (Å²) in [5, 5.41) is 7.12. The summed E-state index contributed by atoms with van der Waals surface area (Å²) >= 11 is 0. The van der Waals surface area contributed by atoms with Crippen molar-refractivity contribution < 1.29 is 27.9 Å². The number of aromatic nitrogens is 3. The highest BCUT2D eigenvalue weighted by atomic mass is 19.4. The van der Waals surface area contributed by atoms with Gasteiger partial charge in [0.05, 0.1) is 0 Å². The lowest BCUT2D eigenvalue weighted by Gasteiger charge is -2.21. The molecule has 2 aliphatic rings. The van der Waals surface area contributed by atoms with Crippen LogP contribution in [0.5, 0.6) is 0 Å². The van der Waals surface area contributed by atoms with Crippen molar-refractivity contribution in [3.8, 4) is 0 Å². The number of anilines is 1. The average Bonchev–Trinajstić information content (AvgIpc) is 3.28. The van der Waals surface area contributed by atoms with Crippen LogP contribution in [0, 0.1) is 11.8 Å². The fourth-order valence-corrected chi connectivity index (χ4v) is 3.43. The van der Waals surface area contributed by atoms with E-state index in [-0.39, 0.29) is 5.91 Å². The smallest absolute Gasteiger partial charge is 0.475 e. The monoisotopic (exact) mass is 409 g/mol. The van der Waals surface area contributed by atoms with E-state index in [9.17, 15) is 18.0 Å². The van der Waals surface area contributed by atoms with E-state index in [1.807, 2.05) is 23.1 Å². The van der Waals surface area contributed by atoms with Crippen LogP contribution in [0.1, 0.15) is 10.5 Å². The van der Waals surface area contributed by atoms with Gasteiger partial charge in [0.2, 0.25) is 5.95 Å². The average molecular weight is 409 g/mol. The van der Waals surface area contributed by atoms with Gasteiger partial charge in [-0.2, -0.15) is 13.2 Å². The number of hydrogen-bond donors (Lipinski definition) is 1. The van der Waals surface area contributed by atoms with Crippen LogP contribution in [0.2, 0.25) is 0 Å². The number of aliphatic carboxylic acids is 1. The van der Waals surface area contributed by atoms with Crippen LogP contribution in [0.25, 0.3) is 0 Å². The van der Waals surface area contributed by atoms with Gasteiger partial charge < -0.3 is 14.9 Å². The largest absolute Gasteiger partial charge is 0.490 e. The fourth-order valence-electron chi connectivity index (χ4n) is 3.43.